The Bertz CT molecular complexity index is 865. The van der Waals surface area contributed by atoms with Gasteiger partial charge in [-0.1, -0.05) is 62.1 Å². The number of nitrogens with one attached hydrogen (secondary N) is 1. The summed E-state index contributed by atoms with van der Waals surface area (Å²) in [6.45, 7) is 4.31. The Hall–Kier alpha value is -1.55. The highest BCUT2D eigenvalue weighted by Gasteiger charge is 2.42. The van der Waals surface area contributed by atoms with E-state index < -0.39 is 0 Å². The molecule has 1 aromatic heterocycles. The van der Waals surface area contributed by atoms with Crippen LogP contribution in [0.2, 0.25) is 0 Å². The maximum Gasteiger partial charge on any atom is 0.255 e. The van der Waals surface area contributed by atoms with Crippen LogP contribution in [0.4, 0.5) is 0 Å². The molecular weight excluding hydrogens is 340 g/mol. The minimum Gasteiger partial charge on any atom is -0.301 e. The Morgan fingerprint density at radius 3 is 2.81 bits per heavy atom. The molecule has 2 aliphatic carbocycles. The number of benzene rings is 1. The molecule has 0 atom stereocenters. The molecule has 3 nitrogen and oxygen atoms in total. The van der Waals surface area contributed by atoms with Crippen LogP contribution in [0, 0.1) is 6.92 Å². The molecule has 1 aromatic carbocycles. The molecule has 1 saturated carbocycles. The smallest absolute Gasteiger partial charge is 0.255 e. The summed E-state index contributed by atoms with van der Waals surface area (Å²) in [5.41, 5.74) is 5.80. The lowest BCUT2D eigenvalue weighted by Gasteiger charge is -2.41. The summed E-state index contributed by atoms with van der Waals surface area (Å²) in [7, 11) is 0. The standard InChI is InChI=1S/C22H28N2OS/c1-3-4-12-26-21-23-19-17-13-15(2)8-9-16(17)14-22(10-6-5-7-11-22)18(19)20(25)24-21/h8-9,13H,3-7,10-12,14H2,1-2H3,(H,23,24,25). The monoisotopic (exact) mass is 368 g/mol. The molecule has 2 aliphatic rings. The van der Waals surface area contributed by atoms with E-state index in [9.17, 15) is 4.79 Å². The SMILES string of the molecule is CCCCSc1nc2c(c(=O)[nH]1)C1(CCCCC1)Cc1ccc(C)cc1-2. The molecule has 0 radical (unpaired) electrons. The minimum absolute atomic E-state index is 0.0109. The quantitative estimate of drug-likeness (QED) is 0.447. The average molecular weight is 369 g/mol. The fraction of sp³-hybridized carbons (Fsp3) is 0.545. The van der Waals surface area contributed by atoms with Gasteiger partial charge in [-0.25, -0.2) is 4.98 Å². The topological polar surface area (TPSA) is 45.8 Å². The highest BCUT2D eigenvalue weighted by atomic mass is 32.2. The Morgan fingerprint density at radius 2 is 2.04 bits per heavy atom. The van der Waals surface area contributed by atoms with E-state index >= 15 is 0 Å². The zero-order valence-electron chi connectivity index (χ0n) is 15.9. The van der Waals surface area contributed by atoms with E-state index in [0.717, 1.165) is 54.3 Å². The van der Waals surface area contributed by atoms with Crippen LogP contribution < -0.4 is 5.56 Å². The number of aromatic nitrogens is 2. The van der Waals surface area contributed by atoms with Crippen molar-refractivity contribution < 1.29 is 0 Å². The number of nitrogens with zero attached hydrogens (tertiary/aromatic N) is 1. The fourth-order valence-electron chi connectivity index (χ4n) is 4.69. The van der Waals surface area contributed by atoms with Crippen molar-refractivity contribution in [3.8, 4) is 11.3 Å². The van der Waals surface area contributed by atoms with E-state index in [2.05, 4.69) is 37.0 Å². The molecule has 26 heavy (non-hydrogen) atoms. The molecule has 1 fully saturated rings. The molecule has 0 amide bonds. The Kier molecular flexibility index (Phi) is 4.96. The van der Waals surface area contributed by atoms with Gasteiger partial charge in [0.1, 0.15) is 0 Å². The van der Waals surface area contributed by atoms with Crippen molar-refractivity contribution in [2.45, 2.75) is 75.8 Å². The lowest BCUT2D eigenvalue weighted by molar-refractivity contribution is 0.284. The Morgan fingerprint density at radius 1 is 1.23 bits per heavy atom. The van der Waals surface area contributed by atoms with Crippen molar-refractivity contribution in [1.29, 1.82) is 0 Å². The summed E-state index contributed by atoms with van der Waals surface area (Å²) in [5, 5.41) is 0.780. The summed E-state index contributed by atoms with van der Waals surface area (Å²) in [5.74, 6) is 1.00. The Labute approximate surface area is 160 Å². The van der Waals surface area contributed by atoms with Crippen molar-refractivity contribution in [3.05, 3.63) is 45.2 Å². The van der Waals surface area contributed by atoms with E-state index in [1.807, 2.05) is 0 Å². The van der Waals surface area contributed by atoms with Gasteiger partial charge in [-0.05, 0) is 44.2 Å². The molecule has 4 rings (SSSR count). The predicted molar refractivity (Wildman–Crippen MR) is 109 cm³/mol. The maximum absolute atomic E-state index is 13.2. The van der Waals surface area contributed by atoms with Gasteiger partial charge >= 0.3 is 0 Å². The molecule has 2 aromatic rings. The summed E-state index contributed by atoms with van der Waals surface area (Å²) in [4.78, 5) is 21.3. The first-order valence-corrected chi connectivity index (χ1v) is 11.0. The molecule has 4 heteroatoms. The van der Waals surface area contributed by atoms with Crippen LogP contribution in [-0.4, -0.2) is 15.7 Å². The van der Waals surface area contributed by atoms with Gasteiger partial charge in [0.05, 0.1) is 11.3 Å². The van der Waals surface area contributed by atoms with Gasteiger partial charge < -0.3 is 4.98 Å². The number of hydrogen-bond acceptors (Lipinski definition) is 3. The minimum atomic E-state index is -0.0109. The molecule has 0 unspecified atom stereocenters. The van der Waals surface area contributed by atoms with Crippen molar-refractivity contribution in [1.82, 2.24) is 9.97 Å². The van der Waals surface area contributed by atoms with Gasteiger partial charge in [0.15, 0.2) is 5.16 Å². The number of aryl methyl sites for hydroxylation is 1. The third-order valence-electron chi connectivity index (χ3n) is 6.02. The number of hydrogen-bond donors (Lipinski definition) is 1. The third-order valence-corrected chi connectivity index (χ3v) is 6.98. The maximum atomic E-state index is 13.2. The van der Waals surface area contributed by atoms with Gasteiger partial charge in [0, 0.05) is 16.7 Å². The van der Waals surface area contributed by atoms with Crippen molar-refractivity contribution >= 4 is 11.8 Å². The first-order chi connectivity index (χ1) is 12.6. The van der Waals surface area contributed by atoms with E-state index in [1.165, 1.54) is 36.0 Å². The van der Waals surface area contributed by atoms with E-state index in [4.69, 9.17) is 4.98 Å². The average Bonchev–Trinajstić information content (AvgIpc) is 2.63. The number of rotatable bonds is 4. The largest absolute Gasteiger partial charge is 0.301 e. The van der Waals surface area contributed by atoms with Gasteiger partial charge in [-0.2, -0.15) is 0 Å². The zero-order chi connectivity index (χ0) is 18.1. The molecule has 0 bridgehead atoms. The van der Waals surface area contributed by atoms with Gasteiger partial charge in [0.25, 0.3) is 5.56 Å². The van der Waals surface area contributed by atoms with Crippen molar-refractivity contribution in [3.63, 3.8) is 0 Å². The highest BCUT2D eigenvalue weighted by molar-refractivity contribution is 7.99. The molecule has 1 N–H and O–H groups in total. The van der Waals surface area contributed by atoms with Gasteiger partial charge in [-0.15, -0.1) is 0 Å². The fourth-order valence-corrected chi connectivity index (χ4v) is 5.64. The summed E-state index contributed by atoms with van der Waals surface area (Å²) in [6, 6.07) is 6.68. The van der Waals surface area contributed by atoms with Crippen LogP contribution in [0.1, 0.15) is 68.6 Å². The molecule has 1 heterocycles. The third kappa shape index (κ3) is 3.13. The van der Waals surface area contributed by atoms with Crippen molar-refractivity contribution in [2.75, 3.05) is 5.75 Å². The zero-order valence-corrected chi connectivity index (χ0v) is 16.7. The first kappa shape index (κ1) is 17.8. The van der Waals surface area contributed by atoms with E-state index in [1.54, 1.807) is 11.8 Å². The molecule has 138 valence electrons. The van der Waals surface area contributed by atoms with Crippen LogP contribution in [0.15, 0.2) is 28.2 Å². The second-order valence-corrected chi connectivity index (χ2v) is 9.06. The predicted octanol–water partition coefficient (Wildman–Crippen LogP) is 5.40. The van der Waals surface area contributed by atoms with E-state index in [0.29, 0.717) is 0 Å². The molecular formula is C22H28N2OS. The first-order valence-electron chi connectivity index (χ1n) is 10.0. The lowest BCUT2D eigenvalue weighted by Crippen LogP contribution is -2.40. The summed E-state index contributed by atoms with van der Waals surface area (Å²) in [6.07, 6.45) is 9.23. The number of thioether (sulfide) groups is 1. The van der Waals surface area contributed by atoms with Crippen LogP contribution in [0.5, 0.6) is 0 Å². The van der Waals surface area contributed by atoms with Crippen LogP contribution >= 0.6 is 11.8 Å². The summed E-state index contributed by atoms with van der Waals surface area (Å²) >= 11 is 1.68. The van der Waals surface area contributed by atoms with Crippen LogP contribution in [-0.2, 0) is 11.8 Å². The lowest BCUT2D eigenvalue weighted by atomic mass is 9.62. The normalized spacial score (nSPS) is 17.8. The van der Waals surface area contributed by atoms with Gasteiger partial charge in [0.2, 0.25) is 0 Å². The van der Waals surface area contributed by atoms with Gasteiger partial charge in [-0.3, -0.25) is 4.79 Å². The Balaban J connectivity index is 1.87. The van der Waals surface area contributed by atoms with E-state index in [-0.39, 0.29) is 11.0 Å². The number of H-pyrrole nitrogens is 1. The van der Waals surface area contributed by atoms with Crippen LogP contribution in [0.25, 0.3) is 11.3 Å². The number of fused-ring (bicyclic) bond motifs is 4. The summed E-state index contributed by atoms with van der Waals surface area (Å²) < 4.78 is 0. The van der Waals surface area contributed by atoms with Crippen molar-refractivity contribution in [2.24, 2.45) is 0 Å². The highest BCUT2D eigenvalue weighted by Crippen LogP contribution is 2.48. The molecule has 1 spiro atoms. The number of unbranched alkanes of at least 4 members (excludes halogenated alkanes) is 1. The molecule has 0 aliphatic heterocycles. The molecule has 0 saturated heterocycles. The van der Waals surface area contributed by atoms with Crippen LogP contribution in [0.3, 0.4) is 0 Å². The second-order valence-electron chi connectivity index (χ2n) is 7.98. The number of aromatic amines is 1. The second kappa shape index (κ2) is 7.22.